The summed E-state index contributed by atoms with van der Waals surface area (Å²) < 4.78 is 3.39. The number of hydrogen-bond acceptors (Lipinski definition) is 0. The summed E-state index contributed by atoms with van der Waals surface area (Å²) >= 11 is -2.92. The second-order valence-electron chi connectivity index (χ2n) is 15.3. The Labute approximate surface area is 300 Å². The Bertz CT molecular complexity index is 1710. The van der Waals surface area contributed by atoms with E-state index in [0.717, 1.165) is 7.25 Å². The van der Waals surface area contributed by atoms with E-state index in [0.29, 0.717) is 19.1 Å². The summed E-state index contributed by atoms with van der Waals surface area (Å²) in [5.74, 6) is 1.12. The summed E-state index contributed by atoms with van der Waals surface area (Å²) in [7, 11) is 0. The van der Waals surface area contributed by atoms with Gasteiger partial charge in [0.05, 0.1) is 0 Å². The minimum absolute atomic E-state index is 0. The molecule has 4 aromatic rings. The molecule has 1 heterocycles. The zero-order valence-corrected chi connectivity index (χ0v) is 32.8. The van der Waals surface area contributed by atoms with Gasteiger partial charge in [-0.15, -0.1) is 0 Å². The van der Waals surface area contributed by atoms with Crippen molar-refractivity contribution in [2.75, 3.05) is 0 Å². The molecule has 47 heavy (non-hydrogen) atoms. The molecule has 0 spiro atoms. The average molecular weight is 739 g/mol. The fourth-order valence-electron chi connectivity index (χ4n) is 10.3. The summed E-state index contributed by atoms with van der Waals surface area (Å²) in [4.78, 5) is 0. The summed E-state index contributed by atoms with van der Waals surface area (Å²) in [6.07, 6.45) is 11.1. The summed E-state index contributed by atoms with van der Waals surface area (Å²) in [6, 6.07) is 33.4. The van der Waals surface area contributed by atoms with Crippen LogP contribution in [0.4, 0.5) is 0 Å². The Morgan fingerprint density at radius 1 is 0.532 bits per heavy atom. The molecule has 0 radical (unpaired) electrons. The van der Waals surface area contributed by atoms with Crippen molar-refractivity contribution in [2.24, 2.45) is 0 Å². The van der Waals surface area contributed by atoms with Crippen LogP contribution in [0.15, 0.2) is 96.1 Å². The molecule has 3 aliphatic carbocycles. The van der Waals surface area contributed by atoms with Crippen molar-refractivity contribution in [3.8, 4) is 22.3 Å². The summed E-state index contributed by atoms with van der Waals surface area (Å²) in [5.41, 5.74) is 18.2. The van der Waals surface area contributed by atoms with E-state index in [1.54, 1.807) is 22.3 Å². The Hall–Kier alpha value is -2.18. The van der Waals surface area contributed by atoms with Gasteiger partial charge >= 0.3 is 278 Å². The first-order valence-electron chi connectivity index (χ1n) is 17.6. The molecule has 4 aliphatic rings. The molecule has 2 fully saturated rings. The normalized spacial score (nSPS) is 23.9. The first-order chi connectivity index (χ1) is 21.8. The molecule has 242 valence electrons. The monoisotopic (exact) mass is 736 g/mol. The van der Waals surface area contributed by atoms with Gasteiger partial charge in [-0.2, -0.15) is 0 Å². The van der Waals surface area contributed by atoms with Crippen LogP contribution in [0, 0.1) is 0 Å². The van der Waals surface area contributed by atoms with Crippen LogP contribution in [0.3, 0.4) is 0 Å². The zero-order chi connectivity index (χ0) is 31.0. The Kier molecular flexibility index (Phi) is 9.79. The van der Waals surface area contributed by atoms with E-state index in [1.165, 1.54) is 70.2 Å². The fraction of sp³-hybridized carbons (Fsp3) is 0.364. The standard InChI is InChI=1S/2C19H19.C6H10.2ClH.Zr/c2*1-13(2)15-7-9-16(10-8-15)18-6-4-5-17-11-14(3)12-19(17)18;1-2-4-6-5-3-1;;;/h2*4-13H,1-3H3;1-2H,3-6H2;2*1H;/q;;;;;+2/p-2. The maximum atomic E-state index is 2.62. The Morgan fingerprint density at radius 2 is 0.915 bits per heavy atom. The third-order valence-electron chi connectivity index (χ3n) is 12.3. The average Bonchev–Trinajstić information content (AvgIpc) is 3.35. The topological polar surface area (TPSA) is 0 Å². The number of hydrogen-bond donors (Lipinski definition) is 0. The van der Waals surface area contributed by atoms with Crippen molar-refractivity contribution in [3.05, 3.63) is 129 Å². The van der Waals surface area contributed by atoms with Crippen molar-refractivity contribution in [1.29, 1.82) is 0 Å². The van der Waals surface area contributed by atoms with Gasteiger partial charge in [-0.1, -0.05) is 0 Å². The second-order valence-corrected chi connectivity index (χ2v) is 26.7. The molecular weight excluding hydrogens is 691 g/mol. The van der Waals surface area contributed by atoms with Crippen LogP contribution in [0.25, 0.3) is 34.4 Å². The van der Waals surface area contributed by atoms with Gasteiger partial charge in [0.15, 0.2) is 0 Å². The summed E-state index contributed by atoms with van der Waals surface area (Å²) in [6.45, 7) is 14.2. The largest absolute Gasteiger partial charge is 1.00 e. The predicted octanol–water partition coefficient (Wildman–Crippen LogP) is 7.21. The van der Waals surface area contributed by atoms with Crippen molar-refractivity contribution in [2.45, 2.75) is 93.6 Å². The van der Waals surface area contributed by atoms with Crippen molar-refractivity contribution in [3.63, 3.8) is 0 Å². The van der Waals surface area contributed by atoms with Crippen LogP contribution >= 0.6 is 0 Å². The van der Waals surface area contributed by atoms with Crippen molar-refractivity contribution < 1.29 is 45.1 Å². The van der Waals surface area contributed by atoms with Gasteiger partial charge in [-0.25, -0.2) is 0 Å². The van der Waals surface area contributed by atoms with Crippen molar-refractivity contribution >= 4 is 12.2 Å². The van der Waals surface area contributed by atoms with Crippen LogP contribution in [-0.4, -0.2) is 0 Å². The number of allylic oxidation sites excluding steroid dienone is 2. The van der Waals surface area contributed by atoms with Gasteiger partial charge in [0.1, 0.15) is 0 Å². The van der Waals surface area contributed by atoms with Crippen LogP contribution in [0.2, 0.25) is 7.25 Å². The van der Waals surface area contributed by atoms with E-state index in [1.807, 2.05) is 0 Å². The van der Waals surface area contributed by atoms with Crippen LogP contribution < -0.4 is 24.8 Å². The molecule has 4 aromatic carbocycles. The predicted molar refractivity (Wildman–Crippen MR) is 191 cm³/mol. The SMILES string of the molecule is CC1=Cc2c(-c3ccc(C(C)C)cc3)cccc2[CH]1[Zr+2]1([CH]2C(C)=Cc3c(-c4ccc(C(C)C)cc4)cccc32)[CH]2CCCC[CH]21.[Cl-].[Cl-]. The van der Waals surface area contributed by atoms with Gasteiger partial charge < -0.3 is 24.8 Å². The molecule has 1 aliphatic heterocycles. The van der Waals surface area contributed by atoms with E-state index in [9.17, 15) is 0 Å². The number of fused-ring (bicyclic) bond motifs is 3. The maximum Gasteiger partial charge on any atom is -1.00 e. The molecule has 0 amide bonds. The molecule has 4 unspecified atom stereocenters. The number of halogens is 2. The quantitative estimate of drug-likeness (QED) is 0.196. The maximum absolute atomic E-state index is 2.92. The van der Waals surface area contributed by atoms with E-state index in [-0.39, 0.29) is 24.8 Å². The molecule has 4 atom stereocenters. The van der Waals surface area contributed by atoms with Gasteiger partial charge in [0, 0.05) is 0 Å². The Morgan fingerprint density at radius 3 is 1.28 bits per heavy atom. The third kappa shape index (κ3) is 5.43. The van der Waals surface area contributed by atoms with Gasteiger partial charge in [-0.05, 0) is 0 Å². The second kappa shape index (κ2) is 13.3. The van der Waals surface area contributed by atoms with E-state index in [4.69, 9.17) is 0 Å². The number of benzene rings is 4. The molecule has 0 N–H and O–H groups in total. The number of rotatable bonds is 6. The van der Waals surface area contributed by atoms with Gasteiger partial charge in [0.2, 0.25) is 0 Å². The zero-order valence-electron chi connectivity index (χ0n) is 28.8. The first-order valence-corrected chi connectivity index (χ1v) is 23.3. The van der Waals surface area contributed by atoms with E-state index >= 15 is 0 Å². The van der Waals surface area contributed by atoms with Crippen molar-refractivity contribution in [1.82, 2.24) is 0 Å². The van der Waals surface area contributed by atoms with Crippen LogP contribution in [-0.2, 0) is 20.3 Å². The molecule has 1 saturated carbocycles. The van der Waals surface area contributed by atoms with E-state index < -0.39 is 20.3 Å². The van der Waals surface area contributed by atoms with E-state index in [2.05, 4.69) is 139 Å². The molecule has 3 heteroatoms. The van der Waals surface area contributed by atoms with Crippen LogP contribution in [0.5, 0.6) is 0 Å². The Balaban J connectivity index is 0.00000193. The smallest absolute Gasteiger partial charge is 1.00 e. The molecular formula is C44H48Cl2Zr. The van der Waals surface area contributed by atoms with Gasteiger partial charge in [-0.3, -0.25) is 0 Å². The van der Waals surface area contributed by atoms with Gasteiger partial charge in [0.25, 0.3) is 0 Å². The molecule has 8 rings (SSSR count). The summed E-state index contributed by atoms with van der Waals surface area (Å²) in [5, 5.41) is 0. The molecule has 0 bridgehead atoms. The van der Waals surface area contributed by atoms with Crippen LogP contribution in [0.1, 0.15) is 120 Å². The molecule has 0 aromatic heterocycles. The minimum Gasteiger partial charge on any atom is -1.00 e. The third-order valence-corrected chi connectivity index (χ3v) is 29.7. The molecule has 1 saturated heterocycles. The first kappa shape index (κ1) is 34.7. The minimum atomic E-state index is -2.92. The fourth-order valence-corrected chi connectivity index (χ4v) is 33.4. The molecule has 0 nitrogen and oxygen atoms in total.